The number of hydrogen-bond acceptors (Lipinski definition) is 5. The fraction of sp³-hybridized carbons (Fsp3) is 0.176. The van der Waals surface area contributed by atoms with E-state index < -0.39 is 16.0 Å². The molecule has 132 valence electrons. The lowest BCUT2D eigenvalue weighted by Crippen LogP contribution is -2.22. The Morgan fingerprint density at radius 1 is 1.08 bits per heavy atom. The van der Waals surface area contributed by atoms with Crippen molar-refractivity contribution in [1.29, 1.82) is 0 Å². The zero-order chi connectivity index (χ0) is 18.6. The minimum absolute atomic E-state index is 0.163. The normalized spacial score (nSPS) is 12.2. The number of sulfonamides is 1. The van der Waals surface area contributed by atoms with Crippen LogP contribution >= 0.6 is 0 Å². The molecule has 0 amide bonds. The first-order chi connectivity index (χ1) is 11.7. The molecule has 2 aromatic carbocycles. The molecule has 0 unspecified atom stereocenters. The van der Waals surface area contributed by atoms with Crippen molar-refractivity contribution >= 4 is 27.4 Å². The molecule has 0 aliphatic carbocycles. The Balaban J connectivity index is 2.18. The molecule has 0 aliphatic heterocycles. The number of carbonyl (C=O) groups is 1. The standard InChI is InChI=1S/C17H19N3O4S/c1-12(18-19-15-6-4-5-14(11-15)17(21)22)13-7-9-16(10-8-13)25(23,24)20(2)3/h4-11,19H,1-3H3,(H,21,22)/b18-12+. The molecule has 0 spiro atoms. The van der Waals surface area contributed by atoms with Crippen molar-refractivity contribution in [2.45, 2.75) is 11.8 Å². The first-order valence-electron chi connectivity index (χ1n) is 7.38. The summed E-state index contributed by atoms with van der Waals surface area (Å²) in [5.74, 6) is -1.01. The molecule has 25 heavy (non-hydrogen) atoms. The second-order valence-corrected chi connectivity index (χ2v) is 7.66. The SMILES string of the molecule is C/C(=N\Nc1cccc(C(=O)O)c1)c1ccc(S(=O)(=O)N(C)C)cc1. The van der Waals surface area contributed by atoms with E-state index in [2.05, 4.69) is 10.5 Å². The van der Waals surface area contributed by atoms with Gasteiger partial charge in [-0.05, 0) is 42.8 Å². The molecule has 0 aliphatic rings. The maximum atomic E-state index is 12.0. The van der Waals surface area contributed by atoms with Gasteiger partial charge in [-0.1, -0.05) is 18.2 Å². The van der Waals surface area contributed by atoms with Gasteiger partial charge in [0.2, 0.25) is 10.0 Å². The number of carboxylic acid groups (broad SMARTS) is 1. The Labute approximate surface area is 146 Å². The first-order valence-corrected chi connectivity index (χ1v) is 8.82. The van der Waals surface area contributed by atoms with Crippen LogP contribution in [0.25, 0.3) is 0 Å². The fourth-order valence-corrected chi connectivity index (χ4v) is 2.92. The Hall–Kier alpha value is -2.71. The van der Waals surface area contributed by atoms with E-state index in [4.69, 9.17) is 5.11 Å². The molecule has 2 N–H and O–H groups in total. The average Bonchev–Trinajstić information content (AvgIpc) is 2.59. The van der Waals surface area contributed by atoms with E-state index in [1.165, 1.54) is 38.4 Å². The van der Waals surface area contributed by atoms with Gasteiger partial charge in [-0.25, -0.2) is 17.5 Å². The van der Waals surface area contributed by atoms with Crippen LogP contribution in [0.2, 0.25) is 0 Å². The van der Waals surface area contributed by atoms with E-state index in [1.807, 2.05) is 0 Å². The number of aromatic carboxylic acids is 1. The van der Waals surface area contributed by atoms with Gasteiger partial charge in [0.1, 0.15) is 0 Å². The van der Waals surface area contributed by atoms with Crippen LogP contribution in [0.1, 0.15) is 22.8 Å². The zero-order valence-electron chi connectivity index (χ0n) is 14.1. The number of carboxylic acids is 1. The lowest BCUT2D eigenvalue weighted by atomic mass is 10.1. The number of nitrogens with one attached hydrogen (secondary N) is 1. The Kier molecular flexibility index (Phi) is 5.55. The van der Waals surface area contributed by atoms with Crippen LogP contribution in [0.5, 0.6) is 0 Å². The summed E-state index contributed by atoms with van der Waals surface area (Å²) in [6.07, 6.45) is 0. The molecule has 2 aromatic rings. The molecule has 0 fully saturated rings. The monoisotopic (exact) mass is 361 g/mol. The summed E-state index contributed by atoms with van der Waals surface area (Å²) in [5, 5.41) is 13.2. The van der Waals surface area contributed by atoms with E-state index in [-0.39, 0.29) is 10.5 Å². The number of nitrogens with zero attached hydrogens (tertiary/aromatic N) is 2. The van der Waals surface area contributed by atoms with Crippen LogP contribution in [0.3, 0.4) is 0 Å². The number of anilines is 1. The first kappa shape index (κ1) is 18.6. The molecule has 0 saturated heterocycles. The van der Waals surface area contributed by atoms with Crippen molar-refractivity contribution in [3.63, 3.8) is 0 Å². The zero-order valence-corrected chi connectivity index (χ0v) is 14.9. The minimum Gasteiger partial charge on any atom is -0.478 e. The van der Waals surface area contributed by atoms with Gasteiger partial charge in [-0.3, -0.25) is 5.43 Å². The number of hydrazone groups is 1. The third kappa shape index (κ3) is 4.43. The van der Waals surface area contributed by atoms with Crippen molar-refractivity contribution in [3.05, 3.63) is 59.7 Å². The highest BCUT2D eigenvalue weighted by atomic mass is 32.2. The van der Waals surface area contributed by atoms with Crippen LogP contribution < -0.4 is 5.43 Å². The molecular weight excluding hydrogens is 342 g/mol. The molecule has 0 heterocycles. The lowest BCUT2D eigenvalue weighted by Gasteiger charge is -2.11. The summed E-state index contributed by atoms with van der Waals surface area (Å²) in [6, 6.07) is 12.7. The predicted molar refractivity (Wildman–Crippen MR) is 96.5 cm³/mol. The summed E-state index contributed by atoms with van der Waals surface area (Å²) in [5.41, 5.74) is 4.89. The largest absolute Gasteiger partial charge is 0.478 e. The number of benzene rings is 2. The van der Waals surface area contributed by atoms with Crippen molar-refractivity contribution < 1.29 is 18.3 Å². The third-order valence-electron chi connectivity index (χ3n) is 3.51. The maximum Gasteiger partial charge on any atom is 0.335 e. The summed E-state index contributed by atoms with van der Waals surface area (Å²) < 4.78 is 25.2. The molecule has 0 radical (unpaired) electrons. The minimum atomic E-state index is -3.47. The van der Waals surface area contributed by atoms with Gasteiger partial charge in [0.15, 0.2) is 0 Å². The number of rotatable bonds is 6. The molecule has 0 atom stereocenters. The fourth-order valence-electron chi connectivity index (χ4n) is 2.01. The van der Waals surface area contributed by atoms with Crippen LogP contribution in [0, 0.1) is 0 Å². The van der Waals surface area contributed by atoms with Gasteiger partial charge in [-0.2, -0.15) is 5.10 Å². The Bertz CT molecular complexity index is 904. The molecular formula is C17H19N3O4S. The molecule has 7 nitrogen and oxygen atoms in total. The second-order valence-electron chi connectivity index (χ2n) is 5.51. The van der Waals surface area contributed by atoms with Crippen molar-refractivity contribution in [2.24, 2.45) is 5.10 Å². The summed E-state index contributed by atoms with van der Waals surface area (Å²) >= 11 is 0. The van der Waals surface area contributed by atoms with Gasteiger partial charge in [0.05, 0.1) is 21.9 Å². The average molecular weight is 361 g/mol. The number of hydrogen-bond donors (Lipinski definition) is 2. The molecule has 8 heteroatoms. The van der Waals surface area contributed by atoms with E-state index in [0.29, 0.717) is 11.4 Å². The van der Waals surface area contributed by atoms with Crippen LogP contribution in [-0.4, -0.2) is 43.6 Å². The quantitative estimate of drug-likeness (QED) is 0.608. The molecule has 0 saturated carbocycles. The summed E-state index contributed by atoms with van der Waals surface area (Å²) in [7, 11) is -0.511. The van der Waals surface area contributed by atoms with Crippen molar-refractivity contribution in [1.82, 2.24) is 4.31 Å². The van der Waals surface area contributed by atoms with Gasteiger partial charge in [-0.15, -0.1) is 0 Å². The maximum absolute atomic E-state index is 12.0. The van der Waals surface area contributed by atoms with Crippen LogP contribution in [-0.2, 0) is 10.0 Å². The van der Waals surface area contributed by atoms with Gasteiger partial charge in [0, 0.05) is 14.1 Å². The van der Waals surface area contributed by atoms with Crippen LogP contribution in [0.4, 0.5) is 5.69 Å². The summed E-state index contributed by atoms with van der Waals surface area (Å²) in [6.45, 7) is 1.77. The predicted octanol–water partition coefficient (Wildman–Crippen LogP) is 2.47. The van der Waals surface area contributed by atoms with Crippen LogP contribution in [0.15, 0.2) is 58.5 Å². The topological polar surface area (TPSA) is 99.1 Å². The highest BCUT2D eigenvalue weighted by Crippen LogP contribution is 2.15. The third-order valence-corrected chi connectivity index (χ3v) is 5.34. The smallest absolute Gasteiger partial charge is 0.335 e. The van der Waals surface area contributed by atoms with Crippen molar-refractivity contribution in [3.8, 4) is 0 Å². The van der Waals surface area contributed by atoms with Crippen molar-refractivity contribution in [2.75, 3.05) is 19.5 Å². The highest BCUT2D eigenvalue weighted by molar-refractivity contribution is 7.89. The molecule has 0 bridgehead atoms. The van der Waals surface area contributed by atoms with E-state index in [0.717, 1.165) is 9.87 Å². The molecule has 0 aromatic heterocycles. The Morgan fingerprint density at radius 3 is 2.28 bits per heavy atom. The summed E-state index contributed by atoms with van der Waals surface area (Å²) in [4.78, 5) is 11.2. The van der Waals surface area contributed by atoms with Gasteiger partial charge in [0.25, 0.3) is 0 Å². The van der Waals surface area contributed by atoms with E-state index >= 15 is 0 Å². The highest BCUT2D eigenvalue weighted by Gasteiger charge is 2.16. The van der Waals surface area contributed by atoms with Gasteiger partial charge >= 0.3 is 5.97 Å². The lowest BCUT2D eigenvalue weighted by molar-refractivity contribution is 0.0697. The van der Waals surface area contributed by atoms with E-state index in [1.54, 1.807) is 31.2 Å². The Morgan fingerprint density at radius 2 is 1.72 bits per heavy atom. The second kappa shape index (κ2) is 7.45. The van der Waals surface area contributed by atoms with E-state index in [9.17, 15) is 13.2 Å². The molecule has 2 rings (SSSR count). The van der Waals surface area contributed by atoms with Gasteiger partial charge < -0.3 is 5.11 Å².